The zero-order valence-corrected chi connectivity index (χ0v) is 15.0. The van der Waals surface area contributed by atoms with Crippen molar-refractivity contribution in [3.8, 4) is 5.75 Å². The Kier molecular flexibility index (Phi) is 6.47. The molecule has 6 heteroatoms. The first-order valence-corrected chi connectivity index (χ1v) is 8.77. The lowest BCUT2D eigenvalue weighted by atomic mass is 9.88. The number of carboxylic acids is 1. The molecule has 0 saturated heterocycles. The van der Waals surface area contributed by atoms with E-state index >= 15 is 0 Å². The fourth-order valence-corrected chi connectivity index (χ4v) is 3.22. The standard InChI is InChI=1S/C19H21NO4S/c1-19(12-18(22)23,14-7-6-8-15(11-14)24-2)20-17(21)13-25-16-9-4-3-5-10-16/h3-11H,12-13H2,1-2H3,(H,20,21)(H,22,23). The van der Waals surface area contributed by atoms with Gasteiger partial charge in [-0.25, -0.2) is 0 Å². The molecule has 0 aliphatic heterocycles. The minimum atomic E-state index is -1.02. The zero-order chi connectivity index (χ0) is 18.3. The highest BCUT2D eigenvalue weighted by Crippen LogP contribution is 2.28. The highest BCUT2D eigenvalue weighted by molar-refractivity contribution is 8.00. The first-order chi connectivity index (χ1) is 11.9. The molecule has 0 fully saturated rings. The van der Waals surface area contributed by atoms with E-state index in [-0.39, 0.29) is 18.1 Å². The van der Waals surface area contributed by atoms with Crippen molar-refractivity contribution in [1.82, 2.24) is 5.32 Å². The lowest BCUT2D eigenvalue weighted by Gasteiger charge is -2.30. The van der Waals surface area contributed by atoms with Gasteiger partial charge in [-0.2, -0.15) is 0 Å². The van der Waals surface area contributed by atoms with E-state index in [1.165, 1.54) is 11.8 Å². The largest absolute Gasteiger partial charge is 0.497 e. The number of amides is 1. The van der Waals surface area contributed by atoms with E-state index in [1.807, 2.05) is 30.3 Å². The molecule has 0 aliphatic rings. The van der Waals surface area contributed by atoms with Crippen molar-refractivity contribution in [2.24, 2.45) is 0 Å². The number of carbonyl (C=O) groups excluding carboxylic acids is 1. The molecule has 2 aromatic carbocycles. The number of carbonyl (C=O) groups is 2. The molecular formula is C19H21NO4S. The molecule has 0 heterocycles. The second-order valence-corrected chi connectivity index (χ2v) is 6.83. The van der Waals surface area contributed by atoms with Gasteiger partial charge in [0.15, 0.2) is 0 Å². The van der Waals surface area contributed by atoms with Gasteiger partial charge in [0.1, 0.15) is 5.75 Å². The third kappa shape index (κ3) is 5.53. The maximum absolute atomic E-state index is 12.4. The topological polar surface area (TPSA) is 75.6 Å². The summed E-state index contributed by atoms with van der Waals surface area (Å²) in [5.41, 5.74) is -0.332. The van der Waals surface area contributed by atoms with E-state index in [0.29, 0.717) is 11.3 Å². The molecular weight excluding hydrogens is 338 g/mol. The Hall–Kier alpha value is -2.47. The second-order valence-electron chi connectivity index (χ2n) is 5.78. The number of benzene rings is 2. The maximum Gasteiger partial charge on any atom is 0.306 e. The number of hydrogen-bond donors (Lipinski definition) is 2. The normalized spacial score (nSPS) is 12.9. The Bertz CT molecular complexity index is 735. The van der Waals surface area contributed by atoms with E-state index in [1.54, 1.807) is 38.3 Å². The summed E-state index contributed by atoms with van der Waals surface area (Å²) in [6.45, 7) is 1.71. The number of carboxylic acid groups (broad SMARTS) is 1. The minimum absolute atomic E-state index is 0.211. The van der Waals surface area contributed by atoms with Crippen LogP contribution in [0.2, 0.25) is 0 Å². The van der Waals surface area contributed by atoms with Gasteiger partial charge in [-0.1, -0.05) is 30.3 Å². The number of nitrogens with one attached hydrogen (secondary N) is 1. The maximum atomic E-state index is 12.4. The van der Waals surface area contributed by atoms with E-state index < -0.39 is 11.5 Å². The van der Waals surface area contributed by atoms with Crippen molar-refractivity contribution in [1.29, 1.82) is 0 Å². The van der Waals surface area contributed by atoms with Gasteiger partial charge in [0.2, 0.25) is 5.91 Å². The average molecular weight is 359 g/mol. The minimum Gasteiger partial charge on any atom is -0.497 e. The van der Waals surface area contributed by atoms with Crippen LogP contribution >= 0.6 is 11.8 Å². The van der Waals surface area contributed by atoms with Crippen LogP contribution in [0.1, 0.15) is 18.9 Å². The van der Waals surface area contributed by atoms with Gasteiger partial charge in [0.05, 0.1) is 24.8 Å². The van der Waals surface area contributed by atoms with Gasteiger partial charge in [-0.15, -0.1) is 11.8 Å². The highest BCUT2D eigenvalue weighted by Gasteiger charge is 2.31. The van der Waals surface area contributed by atoms with E-state index in [9.17, 15) is 14.7 Å². The first-order valence-electron chi connectivity index (χ1n) is 7.78. The number of methoxy groups -OCH3 is 1. The van der Waals surface area contributed by atoms with Crippen molar-refractivity contribution in [2.45, 2.75) is 23.8 Å². The molecule has 25 heavy (non-hydrogen) atoms. The van der Waals surface area contributed by atoms with Crippen LogP contribution in [0.25, 0.3) is 0 Å². The van der Waals surface area contributed by atoms with Crippen LogP contribution in [0, 0.1) is 0 Å². The lowest BCUT2D eigenvalue weighted by Crippen LogP contribution is -2.45. The summed E-state index contributed by atoms with van der Waals surface area (Å²) in [5.74, 6) is -0.382. The lowest BCUT2D eigenvalue weighted by molar-refractivity contribution is -0.139. The molecule has 2 rings (SSSR count). The number of aliphatic carboxylic acids is 1. The Labute approximate surface area is 151 Å². The van der Waals surface area contributed by atoms with Gasteiger partial charge in [0.25, 0.3) is 0 Å². The van der Waals surface area contributed by atoms with Gasteiger partial charge in [-0.3, -0.25) is 9.59 Å². The average Bonchev–Trinajstić information content (AvgIpc) is 2.60. The number of hydrogen-bond acceptors (Lipinski definition) is 4. The molecule has 0 spiro atoms. The number of ether oxygens (including phenoxy) is 1. The highest BCUT2D eigenvalue weighted by atomic mass is 32.2. The third-order valence-electron chi connectivity index (χ3n) is 3.74. The molecule has 0 radical (unpaired) electrons. The van der Waals surface area contributed by atoms with Crippen LogP contribution in [0.5, 0.6) is 5.75 Å². The van der Waals surface area contributed by atoms with Crippen molar-refractivity contribution >= 4 is 23.6 Å². The fourth-order valence-electron chi connectivity index (χ4n) is 2.50. The molecule has 0 aromatic heterocycles. The van der Waals surface area contributed by atoms with Gasteiger partial charge in [0, 0.05) is 4.90 Å². The van der Waals surface area contributed by atoms with Crippen LogP contribution in [0.4, 0.5) is 0 Å². The third-order valence-corrected chi connectivity index (χ3v) is 4.75. The first kappa shape index (κ1) is 18.9. The van der Waals surface area contributed by atoms with Crippen LogP contribution < -0.4 is 10.1 Å². The summed E-state index contributed by atoms with van der Waals surface area (Å²) < 4.78 is 5.20. The van der Waals surface area contributed by atoms with Crippen LogP contribution in [0.3, 0.4) is 0 Å². The smallest absolute Gasteiger partial charge is 0.306 e. The summed E-state index contributed by atoms with van der Waals surface area (Å²) >= 11 is 1.41. The predicted molar refractivity (Wildman–Crippen MR) is 97.9 cm³/mol. The van der Waals surface area contributed by atoms with Crippen molar-refractivity contribution in [3.05, 3.63) is 60.2 Å². The molecule has 1 amide bonds. The Balaban J connectivity index is 2.13. The Morgan fingerprint density at radius 3 is 2.52 bits per heavy atom. The molecule has 5 nitrogen and oxygen atoms in total. The van der Waals surface area contributed by atoms with Crippen LogP contribution in [-0.2, 0) is 15.1 Å². The quantitative estimate of drug-likeness (QED) is 0.708. The van der Waals surface area contributed by atoms with Crippen molar-refractivity contribution in [3.63, 3.8) is 0 Å². The molecule has 1 atom stereocenters. The van der Waals surface area contributed by atoms with Gasteiger partial charge >= 0.3 is 5.97 Å². The fraction of sp³-hybridized carbons (Fsp3) is 0.263. The zero-order valence-electron chi connectivity index (χ0n) is 14.2. The summed E-state index contributed by atoms with van der Waals surface area (Å²) in [4.78, 5) is 24.7. The van der Waals surface area contributed by atoms with Crippen LogP contribution in [0.15, 0.2) is 59.5 Å². The monoisotopic (exact) mass is 359 g/mol. The van der Waals surface area contributed by atoms with Crippen LogP contribution in [-0.4, -0.2) is 29.8 Å². The van der Waals surface area contributed by atoms with Gasteiger partial charge in [-0.05, 0) is 36.8 Å². The molecule has 1 unspecified atom stereocenters. The summed E-state index contributed by atoms with van der Waals surface area (Å²) in [5, 5.41) is 12.1. The Morgan fingerprint density at radius 2 is 1.88 bits per heavy atom. The number of thioether (sulfide) groups is 1. The van der Waals surface area contributed by atoms with Gasteiger partial charge < -0.3 is 15.2 Å². The molecule has 2 aromatic rings. The second kappa shape index (κ2) is 8.58. The number of rotatable bonds is 8. The molecule has 0 bridgehead atoms. The van der Waals surface area contributed by atoms with Crippen molar-refractivity contribution in [2.75, 3.05) is 12.9 Å². The van der Waals surface area contributed by atoms with E-state index in [0.717, 1.165) is 4.90 Å². The Morgan fingerprint density at radius 1 is 1.16 bits per heavy atom. The molecule has 132 valence electrons. The SMILES string of the molecule is COc1cccc(C(C)(CC(=O)O)NC(=O)CSc2ccccc2)c1. The molecule has 0 saturated carbocycles. The summed E-state index contributed by atoms with van der Waals surface area (Å²) in [6.07, 6.45) is -0.220. The molecule has 0 aliphatic carbocycles. The predicted octanol–water partition coefficient (Wildman–Crippen LogP) is 3.29. The molecule has 2 N–H and O–H groups in total. The summed E-state index contributed by atoms with van der Waals surface area (Å²) in [7, 11) is 1.54. The van der Waals surface area contributed by atoms with Crippen molar-refractivity contribution < 1.29 is 19.4 Å². The van der Waals surface area contributed by atoms with E-state index in [2.05, 4.69) is 5.32 Å². The van der Waals surface area contributed by atoms with E-state index in [4.69, 9.17) is 4.74 Å². The summed E-state index contributed by atoms with van der Waals surface area (Å²) in [6, 6.07) is 16.7.